The highest BCUT2D eigenvalue weighted by Crippen LogP contribution is 2.31. The fourth-order valence-corrected chi connectivity index (χ4v) is 2.38. The van der Waals surface area contributed by atoms with Crippen LogP contribution in [0, 0.1) is 0 Å². The summed E-state index contributed by atoms with van der Waals surface area (Å²) < 4.78 is 11.8. The van der Waals surface area contributed by atoms with Gasteiger partial charge >= 0.3 is 0 Å². The number of quaternary nitrogens is 1. The van der Waals surface area contributed by atoms with Crippen LogP contribution in [0.3, 0.4) is 0 Å². The summed E-state index contributed by atoms with van der Waals surface area (Å²) in [6, 6.07) is 18.7. The van der Waals surface area contributed by atoms with Gasteiger partial charge in [0.15, 0.2) is 17.6 Å². The third kappa shape index (κ3) is 2.94. The van der Waals surface area contributed by atoms with E-state index in [4.69, 9.17) is 9.47 Å². The fourth-order valence-electron chi connectivity index (χ4n) is 2.38. The summed E-state index contributed by atoms with van der Waals surface area (Å²) in [5, 5.41) is 2.30. The quantitative estimate of drug-likeness (QED) is 0.922. The molecule has 3 rings (SSSR count). The molecular weight excluding hydrogens is 250 g/mol. The first kappa shape index (κ1) is 13.0. The molecule has 1 aliphatic rings. The third-order valence-corrected chi connectivity index (χ3v) is 3.69. The lowest BCUT2D eigenvalue weighted by atomic mass is 10.1. The zero-order valence-electron chi connectivity index (χ0n) is 11.7. The second kappa shape index (κ2) is 5.97. The zero-order chi connectivity index (χ0) is 13.8. The van der Waals surface area contributed by atoms with Crippen LogP contribution < -0.4 is 14.8 Å². The minimum absolute atomic E-state index is 0.0913. The summed E-state index contributed by atoms with van der Waals surface area (Å²) in [5.41, 5.74) is 1.33. The minimum Gasteiger partial charge on any atom is -0.486 e. The SMILES string of the molecule is CC([NH2+]Cc1ccccc1)C1COc2ccccc2O1. The van der Waals surface area contributed by atoms with Crippen molar-refractivity contribution >= 4 is 0 Å². The molecule has 104 valence electrons. The number of hydrogen-bond acceptors (Lipinski definition) is 2. The molecule has 2 unspecified atom stereocenters. The van der Waals surface area contributed by atoms with E-state index in [0.29, 0.717) is 12.6 Å². The highest BCUT2D eigenvalue weighted by Gasteiger charge is 2.28. The molecule has 2 aromatic rings. The largest absolute Gasteiger partial charge is 0.486 e. The van der Waals surface area contributed by atoms with Crippen LogP contribution >= 0.6 is 0 Å². The Hall–Kier alpha value is -2.00. The Morgan fingerprint density at radius 1 is 1.05 bits per heavy atom. The summed E-state index contributed by atoms with van der Waals surface area (Å²) in [6.07, 6.45) is 0.0913. The van der Waals surface area contributed by atoms with Gasteiger partial charge in [-0.1, -0.05) is 42.5 Å². The van der Waals surface area contributed by atoms with E-state index in [1.807, 2.05) is 30.3 Å². The predicted octanol–water partition coefficient (Wildman–Crippen LogP) is 1.98. The summed E-state index contributed by atoms with van der Waals surface area (Å²) in [7, 11) is 0. The maximum Gasteiger partial charge on any atom is 0.184 e. The second-order valence-corrected chi connectivity index (χ2v) is 5.20. The number of nitrogens with two attached hydrogens (primary N) is 1. The van der Waals surface area contributed by atoms with Crippen molar-refractivity contribution in [3.63, 3.8) is 0 Å². The molecule has 0 amide bonds. The van der Waals surface area contributed by atoms with E-state index in [1.54, 1.807) is 0 Å². The van der Waals surface area contributed by atoms with Crippen molar-refractivity contribution in [3.8, 4) is 11.5 Å². The van der Waals surface area contributed by atoms with Crippen molar-refractivity contribution in [2.24, 2.45) is 0 Å². The minimum atomic E-state index is 0.0913. The van der Waals surface area contributed by atoms with Crippen molar-refractivity contribution in [2.75, 3.05) is 6.61 Å². The van der Waals surface area contributed by atoms with Crippen LogP contribution in [0.4, 0.5) is 0 Å². The highest BCUT2D eigenvalue weighted by atomic mass is 16.6. The lowest BCUT2D eigenvalue weighted by Crippen LogP contribution is -2.91. The standard InChI is InChI=1S/C17H19NO2/c1-13(18-11-14-7-3-2-4-8-14)17-12-19-15-9-5-6-10-16(15)20-17/h2-10,13,17-18H,11-12H2,1H3/p+1. The molecule has 2 aromatic carbocycles. The van der Waals surface area contributed by atoms with Crippen LogP contribution in [-0.4, -0.2) is 18.8 Å². The van der Waals surface area contributed by atoms with E-state index in [2.05, 4.69) is 36.5 Å². The number of para-hydroxylation sites is 2. The molecule has 0 bridgehead atoms. The molecule has 1 heterocycles. The molecule has 0 saturated carbocycles. The van der Waals surface area contributed by atoms with Gasteiger partial charge in [0.2, 0.25) is 0 Å². The van der Waals surface area contributed by atoms with Crippen LogP contribution in [0.15, 0.2) is 54.6 Å². The highest BCUT2D eigenvalue weighted by molar-refractivity contribution is 5.40. The van der Waals surface area contributed by atoms with Gasteiger partial charge in [-0.15, -0.1) is 0 Å². The van der Waals surface area contributed by atoms with Gasteiger partial charge in [0.1, 0.15) is 19.2 Å². The lowest BCUT2D eigenvalue weighted by Gasteiger charge is -2.29. The number of rotatable bonds is 4. The van der Waals surface area contributed by atoms with Crippen molar-refractivity contribution in [3.05, 3.63) is 60.2 Å². The van der Waals surface area contributed by atoms with E-state index < -0.39 is 0 Å². The van der Waals surface area contributed by atoms with Crippen molar-refractivity contribution < 1.29 is 14.8 Å². The van der Waals surface area contributed by atoms with Crippen LogP contribution in [0.5, 0.6) is 11.5 Å². The van der Waals surface area contributed by atoms with Crippen LogP contribution in [0.2, 0.25) is 0 Å². The van der Waals surface area contributed by atoms with E-state index in [1.165, 1.54) is 5.56 Å². The van der Waals surface area contributed by atoms with Gasteiger partial charge in [0.25, 0.3) is 0 Å². The molecule has 3 heteroatoms. The van der Waals surface area contributed by atoms with Gasteiger partial charge in [0.05, 0.1) is 0 Å². The molecule has 20 heavy (non-hydrogen) atoms. The van der Waals surface area contributed by atoms with Crippen molar-refractivity contribution in [2.45, 2.75) is 25.6 Å². The maximum atomic E-state index is 6.03. The Bertz CT molecular complexity index is 556. The Kier molecular flexibility index (Phi) is 3.88. The number of fused-ring (bicyclic) bond motifs is 1. The maximum absolute atomic E-state index is 6.03. The smallest absolute Gasteiger partial charge is 0.184 e. The Balaban J connectivity index is 1.58. The first-order chi connectivity index (χ1) is 9.83. The normalized spacial score (nSPS) is 18.6. The van der Waals surface area contributed by atoms with E-state index in [0.717, 1.165) is 18.0 Å². The average Bonchev–Trinajstić information content (AvgIpc) is 2.53. The lowest BCUT2D eigenvalue weighted by molar-refractivity contribution is -0.707. The number of benzene rings is 2. The van der Waals surface area contributed by atoms with E-state index in [9.17, 15) is 0 Å². The summed E-state index contributed by atoms with van der Waals surface area (Å²) in [6.45, 7) is 3.76. The molecule has 2 N–H and O–H groups in total. The number of hydrogen-bond donors (Lipinski definition) is 1. The van der Waals surface area contributed by atoms with E-state index in [-0.39, 0.29) is 6.10 Å². The Morgan fingerprint density at radius 3 is 2.55 bits per heavy atom. The molecule has 2 atom stereocenters. The first-order valence-electron chi connectivity index (χ1n) is 7.08. The van der Waals surface area contributed by atoms with Gasteiger partial charge in [-0.05, 0) is 19.1 Å². The molecule has 3 nitrogen and oxygen atoms in total. The van der Waals surface area contributed by atoms with Gasteiger partial charge in [-0.25, -0.2) is 0 Å². The molecule has 1 aliphatic heterocycles. The molecular formula is C17H20NO2+. The Labute approximate surface area is 119 Å². The van der Waals surface area contributed by atoms with Gasteiger partial charge in [-0.2, -0.15) is 0 Å². The molecule has 0 aliphatic carbocycles. The molecule has 0 aromatic heterocycles. The fraction of sp³-hybridized carbons (Fsp3) is 0.294. The van der Waals surface area contributed by atoms with Crippen molar-refractivity contribution in [1.82, 2.24) is 0 Å². The molecule has 0 radical (unpaired) electrons. The van der Waals surface area contributed by atoms with Crippen LogP contribution in [0.25, 0.3) is 0 Å². The monoisotopic (exact) mass is 270 g/mol. The molecule has 0 saturated heterocycles. The van der Waals surface area contributed by atoms with E-state index >= 15 is 0 Å². The topological polar surface area (TPSA) is 35.1 Å². The van der Waals surface area contributed by atoms with Crippen LogP contribution in [0.1, 0.15) is 12.5 Å². The first-order valence-corrected chi connectivity index (χ1v) is 7.08. The molecule has 0 fully saturated rings. The van der Waals surface area contributed by atoms with Crippen molar-refractivity contribution in [1.29, 1.82) is 0 Å². The second-order valence-electron chi connectivity index (χ2n) is 5.20. The Morgan fingerprint density at radius 2 is 1.75 bits per heavy atom. The van der Waals surface area contributed by atoms with Gasteiger partial charge in [0, 0.05) is 5.56 Å². The number of ether oxygens (including phenoxy) is 2. The molecule has 0 spiro atoms. The zero-order valence-corrected chi connectivity index (χ0v) is 11.7. The summed E-state index contributed by atoms with van der Waals surface area (Å²) in [4.78, 5) is 0. The van der Waals surface area contributed by atoms with Gasteiger partial charge < -0.3 is 14.8 Å². The van der Waals surface area contributed by atoms with Crippen LogP contribution in [-0.2, 0) is 6.54 Å². The third-order valence-electron chi connectivity index (χ3n) is 3.69. The summed E-state index contributed by atoms with van der Waals surface area (Å²) in [5.74, 6) is 1.70. The van der Waals surface area contributed by atoms with Gasteiger partial charge in [-0.3, -0.25) is 0 Å². The predicted molar refractivity (Wildman–Crippen MR) is 77.9 cm³/mol. The summed E-state index contributed by atoms with van der Waals surface area (Å²) >= 11 is 0. The average molecular weight is 270 g/mol.